The predicted molar refractivity (Wildman–Crippen MR) is 109 cm³/mol. The first-order valence-corrected chi connectivity index (χ1v) is 9.13. The number of carbonyl (C=O) groups excluding carboxylic acids is 3. The second-order valence-corrected chi connectivity index (χ2v) is 6.86. The van der Waals surface area contributed by atoms with Crippen LogP contribution in [0.3, 0.4) is 0 Å². The molecule has 0 aliphatic rings. The van der Waals surface area contributed by atoms with Crippen LogP contribution in [0.5, 0.6) is 0 Å². The highest BCUT2D eigenvalue weighted by Crippen LogP contribution is 2.26. The number of carbonyl (C=O) groups is 3. The number of esters is 1. The third kappa shape index (κ3) is 4.57. The second-order valence-electron chi connectivity index (χ2n) is 6.86. The van der Waals surface area contributed by atoms with E-state index in [9.17, 15) is 14.4 Å². The molecule has 2 aromatic carbocycles. The van der Waals surface area contributed by atoms with E-state index < -0.39 is 24.0 Å². The molecule has 3 aromatic rings. The van der Waals surface area contributed by atoms with Gasteiger partial charge >= 0.3 is 12.0 Å². The van der Waals surface area contributed by atoms with Crippen molar-refractivity contribution in [1.82, 2.24) is 10.3 Å². The molecule has 7 nitrogen and oxygen atoms in total. The molecule has 0 aliphatic heterocycles. The van der Waals surface area contributed by atoms with E-state index in [-0.39, 0.29) is 11.5 Å². The minimum absolute atomic E-state index is 0.284. The molecule has 0 spiro atoms. The maximum absolute atomic E-state index is 13.0. The van der Waals surface area contributed by atoms with Crippen LogP contribution in [0.2, 0.25) is 0 Å². The number of nitrogens with two attached hydrogens (primary N) is 1. The first kappa shape index (κ1) is 20.0. The van der Waals surface area contributed by atoms with Crippen LogP contribution in [-0.4, -0.2) is 29.0 Å². The quantitative estimate of drug-likeness (QED) is 0.648. The van der Waals surface area contributed by atoms with Crippen LogP contribution in [0, 0.1) is 5.92 Å². The highest BCUT2D eigenvalue weighted by Gasteiger charge is 2.28. The van der Waals surface area contributed by atoms with Gasteiger partial charge in [-0.2, -0.15) is 0 Å². The van der Waals surface area contributed by atoms with Crippen molar-refractivity contribution in [3.8, 4) is 11.3 Å². The second kappa shape index (κ2) is 8.52. The van der Waals surface area contributed by atoms with Gasteiger partial charge in [-0.15, -0.1) is 0 Å². The number of primary amides is 1. The molecule has 0 aliphatic carbocycles. The standard InChI is InChI=1S/C22H21N3O4/c1-13(2)19(20(26)25-22(23)28)29-21(27)16-12-18(14-8-4-3-5-9-14)24-17-11-7-6-10-15(16)17/h3-13,19H,1-2H3,(H3,23,25,26,28)/t19-/m1/s1. The molecule has 0 saturated carbocycles. The van der Waals surface area contributed by atoms with Gasteiger partial charge < -0.3 is 10.5 Å². The van der Waals surface area contributed by atoms with Crippen molar-refractivity contribution in [1.29, 1.82) is 0 Å². The van der Waals surface area contributed by atoms with Gasteiger partial charge in [-0.05, 0) is 18.1 Å². The molecule has 0 bridgehead atoms. The smallest absolute Gasteiger partial charge is 0.339 e. The number of imide groups is 1. The maximum Gasteiger partial charge on any atom is 0.339 e. The fourth-order valence-corrected chi connectivity index (χ4v) is 2.96. The Morgan fingerprint density at radius 2 is 1.66 bits per heavy atom. The summed E-state index contributed by atoms with van der Waals surface area (Å²) in [7, 11) is 0. The van der Waals surface area contributed by atoms with E-state index in [1.165, 1.54) is 0 Å². The third-order valence-corrected chi connectivity index (χ3v) is 4.35. The van der Waals surface area contributed by atoms with Gasteiger partial charge in [0.05, 0.1) is 16.8 Å². The number of hydrogen-bond donors (Lipinski definition) is 2. The Kier molecular flexibility index (Phi) is 5.87. The first-order chi connectivity index (χ1) is 13.9. The molecule has 148 valence electrons. The van der Waals surface area contributed by atoms with Gasteiger partial charge in [-0.25, -0.2) is 14.6 Å². The number of aromatic nitrogens is 1. The Morgan fingerprint density at radius 3 is 2.31 bits per heavy atom. The van der Waals surface area contributed by atoms with Gasteiger partial charge in [-0.1, -0.05) is 62.4 Å². The Bertz CT molecular complexity index is 1060. The van der Waals surface area contributed by atoms with Crippen LogP contribution < -0.4 is 11.1 Å². The lowest BCUT2D eigenvalue weighted by atomic mass is 10.0. The van der Waals surface area contributed by atoms with E-state index in [1.807, 2.05) is 41.7 Å². The van der Waals surface area contributed by atoms with E-state index in [0.717, 1.165) is 5.56 Å². The van der Waals surface area contributed by atoms with E-state index in [1.54, 1.807) is 38.1 Å². The van der Waals surface area contributed by atoms with Crippen molar-refractivity contribution in [2.45, 2.75) is 20.0 Å². The number of ether oxygens (including phenoxy) is 1. The van der Waals surface area contributed by atoms with Gasteiger partial charge in [0.15, 0.2) is 6.10 Å². The van der Waals surface area contributed by atoms with Gasteiger partial charge in [0.2, 0.25) is 0 Å². The molecular weight excluding hydrogens is 370 g/mol. The van der Waals surface area contributed by atoms with Crippen molar-refractivity contribution in [2.24, 2.45) is 11.7 Å². The number of urea groups is 1. The molecule has 1 atom stereocenters. The van der Waals surface area contributed by atoms with Crippen LogP contribution in [-0.2, 0) is 9.53 Å². The molecule has 0 radical (unpaired) electrons. The lowest BCUT2D eigenvalue weighted by molar-refractivity contribution is -0.130. The van der Waals surface area contributed by atoms with Crippen molar-refractivity contribution >= 4 is 28.8 Å². The van der Waals surface area contributed by atoms with E-state index in [4.69, 9.17) is 10.5 Å². The van der Waals surface area contributed by atoms with Crippen molar-refractivity contribution < 1.29 is 19.1 Å². The molecule has 7 heteroatoms. The first-order valence-electron chi connectivity index (χ1n) is 9.13. The van der Waals surface area contributed by atoms with Crippen molar-refractivity contribution in [2.75, 3.05) is 0 Å². The summed E-state index contributed by atoms with van der Waals surface area (Å²) in [5.41, 5.74) is 7.38. The molecule has 1 aromatic heterocycles. The number of para-hydroxylation sites is 1. The number of nitrogens with one attached hydrogen (secondary N) is 1. The summed E-state index contributed by atoms with van der Waals surface area (Å²) in [4.78, 5) is 40.9. The number of nitrogens with zero attached hydrogens (tertiary/aromatic N) is 1. The van der Waals surface area contributed by atoms with Gasteiger partial charge in [0.25, 0.3) is 5.91 Å². The van der Waals surface area contributed by atoms with Crippen LogP contribution >= 0.6 is 0 Å². The topological polar surface area (TPSA) is 111 Å². The number of rotatable bonds is 5. The predicted octanol–water partition coefficient (Wildman–Crippen LogP) is 3.28. The normalized spacial score (nSPS) is 11.8. The van der Waals surface area contributed by atoms with E-state index in [0.29, 0.717) is 16.6 Å². The lowest BCUT2D eigenvalue weighted by Crippen LogP contribution is -2.45. The summed E-state index contributed by atoms with van der Waals surface area (Å²) in [6.45, 7) is 3.41. The summed E-state index contributed by atoms with van der Waals surface area (Å²) in [6.07, 6.45) is -1.16. The molecule has 29 heavy (non-hydrogen) atoms. The summed E-state index contributed by atoms with van der Waals surface area (Å²) in [5.74, 6) is -1.80. The molecule has 1 heterocycles. The monoisotopic (exact) mass is 391 g/mol. The number of hydrogen-bond acceptors (Lipinski definition) is 5. The Hall–Kier alpha value is -3.74. The molecule has 0 unspecified atom stereocenters. The third-order valence-electron chi connectivity index (χ3n) is 4.35. The minimum atomic E-state index is -1.16. The molecule has 0 saturated heterocycles. The highest BCUT2D eigenvalue weighted by molar-refractivity contribution is 6.06. The largest absolute Gasteiger partial charge is 0.448 e. The minimum Gasteiger partial charge on any atom is -0.448 e. The summed E-state index contributed by atoms with van der Waals surface area (Å²) in [6, 6.07) is 17.3. The fraction of sp³-hybridized carbons (Fsp3) is 0.182. The zero-order valence-corrected chi connectivity index (χ0v) is 16.1. The number of fused-ring (bicyclic) bond motifs is 1. The van der Waals surface area contributed by atoms with Crippen LogP contribution in [0.25, 0.3) is 22.2 Å². The van der Waals surface area contributed by atoms with Crippen LogP contribution in [0.15, 0.2) is 60.7 Å². The van der Waals surface area contributed by atoms with E-state index >= 15 is 0 Å². The number of amides is 3. The van der Waals surface area contributed by atoms with Crippen molar-refractivity contribution in [3.05, 3.63) is 66.2 Å². The lowest BCUT2D eigenvalue weighted by Gasteiger charge is -2.20. The van der Waals surface area contributed by atoms with Crippen LogP contribution in [0.4, 0.5) is 4.79 Å². The zero-order chi connectivity index (χ0) is 21.0. The summed E-state index contributed by atoms with van der Waals surface area (Å²) < 4.78 is 5.47. The number of pyridine rings is 1. The van der Waals surface area contributed by atoms with Crippen LogP contribution in [0.1, 0.15) is 24.2 Å². The maximum atomic E-state index is 13.0. The van der Waals surface area contributed by atoms with E-state index in [2.05, 4.69) is 4.98 Å². The summed E-state index contributed by atoms with van der Waals surface area (Å²) >= 11 is 0. The Morgan fingerprint density at radius 1 is 1.00 bits per heavy atom. The Labute approximate surface area is 167 Å². The average Bonchev–Trinajstić information content (AvgIpc) is 2.70. The molecule has 3 rings (SSSR count). The van der Waals surface area contributed by atoms with Gasteiger partial charge in [0.1, 0.15) is 0 Å². The van der Waals surface area contributed by atoms with Gasteiger partial charge in [0, 0.05) is 10.9 Å². The SMILES string of the molecule is CC(C)[C@@H](OC(=O)c1cc(-c2ccccc2)nc2ccccc12)C(=O)NC(N)=O. The number of benzene rings is 2. The molecule has 3 amide bonds. The van der Waals surface area contributed by atoms with Crippen molar-refractivity contribution in [3.63, 3.8) is 0 Å². The average molecular weight is 391 g/mol. The Balaban J connectivity index is 2.02. The summed E-state index contributed by atoms with van der Waals surface area (Å²) in [5, 5.41) is 2.57. The van der Waals surface area contributed by atoms with Gasteiger partial charge in [-0.3, -0.25) is 10.1 Å². The molecule has 3 N–H and O–H groups in total. The highest BCUT2D eigenvalue weighted by atomic mass is 16.5. The molecule has 0 fully saturated rings. The fourth-order valence-electron chi connectivity index (χ4n) is 2.96. The zero-order valence-electron chi connectivity index (χ0n) is 16.1. The molecular formula is C22H21N3O4.